The first-order chi connectivity index (χ1) is 9.81. The van der Waals surface area contributed by atoms with E-state index in [1.54, 1.807) is 12.1 Å². The van der Waals surface area contributed by atoms with Crippen LogP contribution in [-0.4, -0.2) is 15.0 Å². The van der Waals surface area contributed by atoms with Crippen LogP contribution < -0.4 is 5.56 Å². The van der Waals surface area contributed by atoms with Gasteiger partial charge < -0.3 is 9.40 Å². The number of fused-ring (bicyclic) bond motifs is 2. The summed E-state index contributed by atoms with van der Waals surface area (Å²) in [5.41, 5.74) is 2.62. The van der Waals surface area contributed by atoms with Gasteiger partial charge in [-0.15, -0.1) is 0 Å². The minimum Gasteiger partial charge on any atom is -0.435 e. The van der Waals surface area contributed by atoms with Crippen molar-refractivity contribution in [2.24, 2.45) is 0 Å². The lowest BCUT2D eigenvalue weighted by molar-refractivity contribution is 0.616. The van der Waals surface area contributed by atoms with Gasteiger partial charge in [-0.2, -0.15) is 0 Å². The fourth-order valence-electron chi connectivity index (χ4n) is 2.15. The molecule has 0 fully saturated rings. The Morgan fingerprint density at radius 1 is 0.900 bits per heavy atom. The Balaban J connectivity index is 2.01. The van der Waals surface area contributed by atoms with Crippen molar-refractivity contribution >= 4 is 22.1 Å². The second kappa shape index (κ2) is 4.03. The summed E-state index contributed by atoms with van der Waals surface area (Å²) in [7, 11) is 0. The van der Waals surface area contributed by atoms with Gasteiger partial charge in [0.2, 0.25) is 0 Å². The number of benzene rings is 2. The van der Waals surface area contributed by atoms with Crippen molar-refractivity contribution in [2.75, 3.05) is 0 Å². The van der Waals surface area contributed by atoms with Crippen LogP contribution in [-0.2, 0) is 0 Å². The smallest absolute Gasteiger partial charge is 0.279 e. The zero-order chi connectivity index (χ0) is 13.5. The van der Waals surface area contributed by atoms with Crippen molar-refractivity contribution in [3.05, 3.63) is 58.9 Å². The largest absolute Gasteiger partial charge is 0.435 e. The van der Waals surface area contributed by atoms with Crippen molar-refractivity contribution in [1.82, 2.24) is 15.0 Å². The number of hydrogen-bond acceptors (Lipinski definition) is 4. The topological polar surface area (TPSA) is 71.8 Å². The van der Waals surface area contributed by atoms with E-state index in [-0.39, 0.29) is 17.1 Å². The minimum absolute atomic E-state index is 0.194. The second-order valence-electron chi connectivity index (χ2n) is 4.42. The predicted molar refractivity (Wildman–Crippen MR) is 75.4 cm³/mol. The molecule has 0 amide bonds. The Hall–Kier alpha value is -2.95. The van der Waals surface area contributed by atoms with Crippen LogP contribution in [0.15, 0.2) is 57.7 Å². The summed E-state index contributed by atoms with van der Waals surface area (Å²) in [5, 5.41) is 0. The maximum absolute atomic E-state index is 12.1. The molecule has 0 aliphatic rings. The van der Waals surface area contributed by atoms with Gasteiger partial charge in [0.1, 0.15) is 5.52 Å². The third kappa shape index (κ3) is 1.60. The highest BCUT2D eigenvalue weighted by Crippen LogP contribution is 2.21. The van der Waals surface area contributed by atoms with E-state index in [1.807, 2.05) is 36.4 Å². The SMILES string of the molecule is O=c1[nH]c2ccccc2nc1-c1nc2ccccc2o1. The van der Waals surface area contributed by atoms with Gasteiger partial charge in [0.15, 0.2) is 11.3 Å². The molecule has 5 nitrogen and oxygen atoms in total. The lowest BCUT2D eigenvalue weighted by Gasteiger charge is -1.98. The van der Waals surface area contributed by atoms with Gasteiger partial charge in [-0.25, -0.2) is 9.97 Å². The average molecular weight is 263 g/mol. The molecule has 1 N–H and O–H groups in total. The van der Waals surface area contributed by atoms with Crippen molar-refractivity contribution in [3.63, 3.8) is 0 Å². The van der Waals surface area contributed by atoms with E-state index >= 15 is 0 Å². The zero-order valence-electron chi connectivity index (χ0n) is 10.3. The van der Waals surface area contributed by atoms with E-state index in [0.717, 1.165) is 0 Å². The van der Waals surface area contributed by atoms with Crippen LogP contribution in [0, 0.1) is 0 Å². The molecule has 4 aromatic rings. The number of nitrogens with zero attached hydrogens (tertiary/aromatic N) is 2. The summed E-state index contributed by atoms with van der Waals surface area (Å²) in [4.78, 5) is 23.5. The van der Waals surface area contributed by atoms with Crippen molar-refractivity contribution in [2.45, 2.75) is 0 Å². The molecule has 0 radical (unpaired) electrons. The molecule has 0 aliphatic heterocycles. The fourth-order valence-corrected chi connectivity index (χ4v) is 2.15. The Morgan fingerprint density at radius 2 is 1.65 bits per heavy atom. The first-order valence-corrected chi connectivity index (χ1v) is 6.16. The molecule has 0 unspecified atom stereocenters. The van der Waals surface area contributed by atoms with Gasteiger partial charge in [0.25, 0.3) is 11.4 Å². The molecular formula is C15H9N3O2. The summed E-state index contributed by atoms with van der Waals surface area (Å²) in [6, 6.07) is 14.7. The van der Waals surface area contributed by atoms with Gasteiger partial charge in [0.05, 0.1) is 11.0 Å². The quantitative estimate of drug-likeness (QED) is 0.573. The highest BCUT2D eigenvalue weighted by Gasteiger charge is 2.14. The summed E-state index contributed by atoms with van der Waals surface area (Å²) >= 11 is 0. The molecule has 0 saturated heterocycles. The number of hydrogen-bond donors (Lipinski definition) is 1. The van der Waals surface area contributed by atoms with Crippen molar-refractivity contribution in [3.8, 4) is 11.6 Å². The molecule has 0 bridgehead atoms. The molecule has 0 saturated carbocycles. The minimum atomic E-state index is -0.310. The summed E-state index contributed by atoms with van der Waals surface area (Å²) in [5.74, 6) is 0.234. The molecule has 0 spiro atoms. The van der Waals surface area contributed by atoms with Gasteiger partial charge in [-0.1, -0.05) is 24.3 Å². The lowest BCUT2D eigenvalue weighted by Crippen LogP contribution is -2.11. The number of H-pyrrole nitrogens is 1. The van der Waals surface area contributed by atoms with Gasteiger partial charge in [-0.05, 0) is 24.3 Å². The molecule has 96 valence electrons. The Kier molecular flexibility index (Phi) is 2.20. The average Bonchev–Trinajstić information content (AvgIpc) is 2.90. The Morgan fingerprint density at radius 3 is 2.50 bits per heavy atom. The molecule has 0 atom stereocenters. The number of para-hydroxylation sites is 4. The van der Waals surface area contributed by atoms with E-state index in [4.69, 9.17) is 4.42 Å². The van der Waals surface area contributed by atoms with E-state index in [9.17, 15) is 4.79 Å². The standard InChI is InChI=1S/C15H9N3O2/c19-14-13(16-9-5-1-2-6-10(9)17-14)15-18-11-7-3-4-8-12(11)20-15/h1-8H,(H,17,19). The Labute approximate surface area is 112 Å². The van der Waals surface area contributed by atoms with E-state index < -0.39 is 0 Å². The van der Waals surface area contributed by atoms with Gasteiger partial charge in [-0.3, -0.25) is 4.79 Å². The highest BCUT2D eigenvalue weighted by molar-refractivity contribution is 5.78. The number of rotatable bonds is 1. The third-order valence-electron chi connectivity index (χ3n) is 3.10. The third-order valence-corrected chi connectivity index (χ3v) is 3.10. The van der Waals surface area contributed by atoms with E-state index in [0.29, 0.717) is 22.1 Å². The maximum atomic E-state index is 12.1. The van der Waals surface area contributed by atoms with E-state index in [1.165, 1.54) is 0 Å². The fraction of sp³-hybridized carbons (Fsp3) is 0. The van der Waals surface area contributed by atoms with Crippen LogP contribution in [0.4, 0.5) is 0 Å². The monoisotopic (exact) mass is 263 g/mol. The molecule has 2 aromatic carbocycles. The van der Waals surface area contributed by atoms with E-state index in [2.05, 4.69) is 15.0 Å². The molecule has 5 heteroatoms. The van der Waals surface area contributed by atoms with Crippen LogP contribution in [0.1, 0.15) is 0 Å². The Bertz CT molecular complexity index is 952. The summed E-state index contributed by atoms with van der Waals surface area (Å²) in [6.45, 7) is 0. The maximum Gasteiger partial charge on any atom is 0.279 e. The zero-order valence-corrected chi connectivity index (χ0v) is 10.3. The van der Waals surface area contributed by atoms with Crippen LogP contribution >= 0.6 is 0 Å². The van der Waals surface area contributed by atoms with Crippen molar-refractivity contribution < 1.29 is 4.42 Å². The van der Waals surface area contributed by atoms with Gasteiger partial charge in [0, 0.05) is 0 Å². The molecule has 4 rings (SSSR count). The van der Waals surface area contributed by atoms with Crippen LogP contribution in [0.2, 0.25) is 0 Å². The molecule has 2 aromatic heterocycles. The lowest BCUT2D eigenvalue weighted by atomic mass is 10.3. The molecule has 0 aliphatic carbocycles. The summed E-state index contributed by atoms with van der Waals surface area (Å²) < 4.78 is 5.59. The summed E-state index contributed by atoms with van der Waals surface area (Å²) in [6.07, 6.45) is 0. The molecule has 20 heavy (non-hydrogen) atoms. The van der Waals surface area contributed by atoms with Crippen LogP contribution in [0.25, 0.3) is 33.7 Å². The molecule has 2 heterocycles. The van der Waals surface area contributed by atoms with Crippen LogP contribution in [0.5, 0.6) is 0 Å². The van der Waals surface area contributed by atoms with Gasteiger partial charge >= 0.3 is 0 Å². The number of oxazole rings is 1. The first-order valence-electron chi connectivity index (χ1n) is 6.16. The highest BCUT2D eigenvalue weighted by atomic mass is 16.3. The second-order valence-corrected chi connectivity index (χ2v) is 4.42. The molecular weight excluding hydrogens is 254 g/mol. The first kappa shape index (κ1) is 10.9. The number of aromatic amines is 1. The number of nitrogens with one attached hydrogen (secondary N) is 1. The van der Waals surface area contributed by atoms with Crippen LogP contribution in [0.3, 0.4) is 0 Å². The normalized spacial score (nSPS) is 11.2. The van der Waals surface area contributed by atoms with Crippen molar-refractivity contribution in [1.29, 1.82) is 0 Å². The predicted octanol–water partition coefficient (Wildman–Crippen LogP) is 2.73. The number of aromatic nitrogens is 3.